The molecule has 0 radical (unpaired) electrons. The van der Waals surface area contributed by atoms with Crippen molar-refractivity contribution < 1.29 is 0 Å². The second kappa shape index (κ2) is 5.85. The highest BCUT2D eigenvalue weighted by molar-refractivity contribution is 9.10. The fraction of sp³-hybridized carbons (Fsp3) is 0.667. The molecule has 1 N–H and O–H groups in total. The Morgan fingerprint density at radius 2 is 2.12 bits per heavy atom. The quantitative estimate of drug-likeness (QED) is 0.827. The van der Waals surface area contributed by atoms with Gasteiger partial charge >= 0.3 is 0 Å². The third kappa shape index (κ3) is 4.36. The second-order valence-electron chi connectivity index (χ2n) is 5.23. The van der Waals surface area contributed by atoms with Crippen LogP contribution in [0.5, 0.6) is 0 Å². The fourth-order valence-corrected chi connectivity index (χ4v) is 2.96. The average molecular weight is 325 g/mol. The first kappa shape index (κ1) is 14.5. The molecule has 1 aromatic rings. The number of thiophene rings is 1. The third-order valence-electron chi connectivity index (χ3n) is 2.92. The molecule has 1 atom stereocenters. The van der Waals surface area contributed by atoms with Gasteiger partial charge in [-0.15, -0.1) is 11.3 Å². The molecule has 1 nitrogen and oxygen atoms in total. The highest BCUT2D eigenvalue weighted by Crippen LogP contribution is 2.32. The van der Waals surface area contributed by atoms with E-state index in [1.54, 1.807) is 11.3 Å². The zero-order valence-corrected chi connectivity index (χ0v) is 13.4. The molecule has 92 valence electrons. The monoisotopic (exact) mass is 323 g/mol. The van der Waals surface area contributed by atoms with Crippen molar-refractivity contribution in [3.63, 3.8) is 0 Å². The molecule has 0 saturated heterocycles. The van der Waals surface area contributed by atoms with Gasteiger partial charge in [0.05, 0.1) is 0 Å². The van der Waals surface area contributed by atoms with Crippen LogP contribution in [0.15, 0.2) is 10.5 Å². The summed E-state index contributed by atoms with van der Waals surface area (Å²) in [7, 11) is 0. The number of hydrogen-bond acceptors (Lipinski definition) is 2. The van der Waals surface area contributed by atoms with Crippen LogP contribution in [0.1, 0.15) is 32.6 Å². The maximum absolute atomic E-state index is 5.99. The number of hydrogen-bond donors (Lipinski definition) is 1. The molecule has 0 bridgehead atoms. The van der Waals surface area contributed by atoms with E-state index < -0.39 is 0 Å². The van der Waals surface area contributed by atoms with Gasteiger partial charge in [-0.1, -0.05) is 39.3 Å². The minimum atomic E-state index is 0.362. The summed E-state index contributed by atoms with van der Waals surface area (Å²) in [6, 6.07) is 2.09. The summed E-state index contributed by atoms with van der Waals surface area (Å²) in [5.74, 6) is 0.659. The third-order valence-corrected chi connectivity index (χ3v) is 5.40. The van der Waals surface area contributed by atoms with E-state index in [1.807, 2.05) is 0 Å². The highest BCUT2D eigenvalue weighted by Gasteiger charge is 2.19. The van der Waals surface area contributed by atoms with Gasteiger partial charge in [-0.25, -0.2) is 0 Å². The number of nitrogens with one attached hydrogen (secondary N) is 1. The molecule has 0 aromatic carbocycles. The summed E-state index contributed by atoms with van der Waals surface area (Å²) in [5.41, 5.74) is 0.362. The van der Waals surface area contributed by atoms with Crippen LogP contribution in [0.4, 0.5) is 0 Å². The fourth-order valence-electron chi connectivity index (χ4n) is 1.20. The minimum absolute atomic E-state index is 0.362. The Hall–Kier alpha value is 0.430. The van der Waals surface area contributed by atoms with Crippen LogP contribution in [-0.4, -0.2) is 6.54 Å². The smallest absolute Gasteiger partial charge is 0.107 e. The molecule has 16 heavy (non-hydrogen) atoms. The highest BCUT2D eigenvalue weighted by atomic mass is 79.9. The summed E-state index contributed by atoms with van der Waals surface area (Å²) in [5, 5.41) is 3.48. The van der Waals surface area contributed by atoms with Gasteiger partial charge in [0, 0.05) is 15.9 Å². The predicted molar refractivity (Wildman–Crippen MR) is 77.4 cm³/mol. The van der Waals surface area contributed by atoms with Gasteiger partial charge < -0.3 is 5.32 Å². The van der Waals surface area contributed by atoms with Crippen LogP contribution in [-0.2, 0) is 6.54 Å². The van der Waals surface area contributed by atoms with Gasteiger partial charge in [0.2, 0.25) is 0 Å². The first-order valence-corrected chi connectivity index (χ1v) is 7.44. The summed E-state index contributed by atoms with van der Waals surface area (Å²) >= 11 is 11.0. The molecular formula is C12H19BrClNS. The van der Waals surface area contributed by atoms with E-state index in [0.29, 0.717) is 11.3 Å². The van der Waals surface area contributed by atoms with Gasteiger partial charge in [0.1, 0.15) is 4.34 Å². The summed E-state index contributed by atoms with van der Waals surface area (Å²) in [4.78, 5) is 1.28. The Bertz CT molecular complexity index is 324. The van der Waals surface area contributed by atoms with E-state index >= 15 is 0 Å². The zero-order chi connectivity index (χ0) is 12.3. The second-order valence-corrected chi connectivity index (χ2v) is 7.83. The Balaban J connectivity index is 2.36. The number of halogens is 2. The van der Waals surface area contributed by atoms with Crippen LogP contribution >= 0.6 is 38.9 Å². The molecule has 0 aliphatic rings. The Kier molecular flexibility index (Phi) is 5.30. The topological polar surface area (TPSA) is 12.0 Å². The van der Waals surface area contributed by atoms with Gasteiger partial charge in [-0.3, -0.25) is 0 Å². The average Bonchev–Trinajstić information content (AvgIpc) is 2.44. The predicted octanol–water partition coefficient (Wildman–Crippen LogP) is 4.94. The largest absolute Gasteiger partial charge is 0.312 e. The van der Waals surface area contributed by atoms with Crippen molar-refractivity contribution in [3.05, 3.63) is 19.8 Å². The van der Waals surface area contributed by atoms with Gasteiger partial charge in [0.25, 0.3) is 0 Å². The molecule has 1 aromatic heterocycles. The molecule has 1 unspecified atom stereocenters. The molecule has 0 spiro atoms. The van der Waals surface area contributed by atoms with Crippen molar-refractivity contribution in [3.8, 4) is 0 Å². The van der Waals surface area contributed by atoms with Crippen molar-refractivity contribution >= 4 is 38.9 Å². The van der Waals surface area contributed by atoms with E-state index in [0.717, 1.165) is 21.9 Å². The lowest BCUT2D eigenvalue weighted by Gasteiger charge is -2.27. The summed E-state index contributed by atoms with van der Waals surface area (Å²) < 4.78 is 1.83. The zero-order valence-electron chi connectivity index (χ0n) is 10.2. The molecule has 0 fully saturated rings. The van der Waals surface area contributed by atoms with E-state index in [1.165, 1.54) is 4.88 Å². The van der Waals surface area contributed by atoms with Crippen LogP contribution < -0.4 is 5.32 Å². The van der Waals surface area contributed by atoms with Crippen molar-refractivity contribution in [1.29, 1.82) is 0 Å². The Morgan fingerprint density at radius 1 is 1.50 bits per heavy atom. The van der Waals surface area contributed by atoms with Gasteiger partial charge in [-0.2, -0.15) is 0 Å². The van der Waals surface area contributed by atoms with Gasteiger partial charge in [-0.05, 0) is 39.9 Å². The Labute approximate surface area is 116 Å². The first-order valence-electron chi connectivity index (χ1n) is 5.45. The van der Waals surface area contributed by atoms with Gasteiger partial charge in [0.15, 0.2) is 0 Å². The maximum atomic E-state index is 5.99. The molecule has 4 heteroatoms. The molecule has 0 amide bonds. The van der Waals surface area contributed by atoms with Crippen LogP contribution in [0.2, 0.25) is 4.34 Å². The molecule has 0 aliphatic heterocycles. The van der Waals surface area contributed by atoms with E-state index in [9.17, 15) is 0 Å². The van der Waals surface area contributed by atoms with E-state index in [-0.39, 0.29) is 0 Å². The van der Waals surface area contributed by atoms with Crippen molar-refractivity contribution in [2.24, 2.45) is 11.3 Å². The van der Waals surface area contributed by atoms with Crippen LogP contribution in [0.25, 0.3) is 0 Å². The van der Waals surface area contributed by atoms with Crippen molar-refractivity contribution in [1.82, 2.24) is 5.32 Å². The van der Waals surface area contributed by atoms with Crippen LogP contribution in [0, 0.1) is 11.3 Å². The van der Waals surface area contributed by atoms with E-state index in [4.69, 9.17) is 11.6 Å². The van der Waals surface area contributed by atoms with E-state index in [2.05, 4.69) is 55.0 Å². The lowest BCUT2D eigenvalue weighted by Crippen LogP contribution is -2.29. The van der Waals surface area contributed by atoms with Crippen molar-refractivity contribution in [2.45, 2.75) is 34.2 Å². The molecular weight excluding hydrogens is 306 g/mol. The molecule has 0 aliphatic carbocycles. The van der Waals surface area contributed by atoms with Crippen LogP contribution in [0.3, 0.4) is 0 Å². The standard InChI is InChI=1S/C12H19BrClNS/c1-8(12(2,3)4)6-15-7-9-5-10(13)11(14)16-9/h5,8,15H,6-7H2,1-4H3. The number of rotatable bonds is 4. The SMILES string of the molecule is CC(CNCc1cc(Br)c(Cl)s1)C(C)(C)C. The lowest BCUT2D eigenvalue weighted by molar-refractivity contribution is 0.253. The molecule has 1 heterocycles. The minimum Gasteiger partial charge on any atom is -0.312 e. The lowest BCUT2D eigenvalue weighted by atomic mass is 9.82. The summed E-state index contributed by atoms with van der Waals surface area (Å²) in [6.07, 6.45) is 0. The normalized spacial score (nSPS) is 14.1. The van der Waals surface area contributed by atoms with Crippen molar-refractivity contribution in [2.75, 3.05) is 6.54 Å². The molecule has 1 rings (SSSR count). The first-order chi connectivity index (χ1) is 7.30. The Morgan fingerprint density at radius 3 is 2.56 bits per heavy atom. The summed E-state index contributed by atoms with van der Waals surface area (Å²) in [6.45, 7) is 11.0. The maximum Gasteiger partial charge on any atom is 0.107 e. The molecule has 0 saturated carbocycles.